The number of anilines is 1. The molecule has 0 unspecified atom stereocenters. The number of halogens is 1. The maximum Gasteiger partial charge on any atom is 0.325 e. The molecule has 0 spiro atoms. The van der Waals surface area contributed by atoms with Gasteiger partial charge in [-0.3, -0.25) is 19.3 Å². The van der Waals surface area contributed by atoms with Gasteiger partial charge in [0.25, 0.3) is 5.12 Å². The molecule has 0 aliphatic carbocycles. The molecular weight excluding hydrogens is 422 g/mol. The molecule has 1 heterocycles. The summed E-state index contributed by atoms with van der Waals surface area (Å²) in [5.41, 5.74) is 2.29. The maximum atomic E-state index is 12.8. The van der Waals surface area contributed by atoms with Crippen molar-refractivity contribution in [1.82, 2.24) is 0 Å². The molecule has 138 valence electrons. The minimum atomic E-state index is -0.542. The van der Waals surface area contributed by atoms with Crippen molar-refractivity contribution in [3.63, 3.8) is 0 Å². The summed E-state index contributed by atoms with van der Waals surface area (Å²) in [5.74, 6) is -0.858. The first-order chi connectivity index (χ1) is 12.3. The van der Waals surface area contributed by atoms with E-state index in [9.17, 15) is 14.4 Å². The Hall–Kier alpha value is -2.06. The van der Waals surface area contributed by atoms with E-state index >= 15 is 0 Å². The zero-order valence-corrected chi connectivity index (χ0v) is 17.0. The molecule has 0 saturated heterocycles. The number of carbonyl (C=O) groups excluding carboxylic acids is 3. The van der Waals surface area contributed by atoms with Crippen LogP contribution in [0, 0.1) is 13.8 Å². The third-order valence-corrected chi connectivity index (χ3v) is 5.42. The molecule has 0 N–H and O–H groups in total. The number of amides is 1. The molecule has 1 aromatic heterocycles. The van der Waals surface area contributed by atoms with Crippen molar-refractivity contribution in [3.05, 3.63) is 51.9 Å². The number of hydrogen-bond acceptors (Lipinski definition) is 6. The summed E-state index contributed by atoms with van der Waals surface area (Å²) in [7, 11) is 1.26. The highest BCUT2D eigenvalue weighted by Gasteiger charge is 2.25. The van der Waals surface area contributed by atoms with Crippen molar-refractivity contribution >= 4 is 50.4 Å². The fraction of sp³-hybridized carbons (Fsp3) is 0.278. The van der Waals surface area contributed by atoms with Gasteiger partial charge >= 0.3 is 5.97 Å². The van der Waals surface area contributed by atoms with Crippen LogP contribution in [0.2, 0.25) is 0 Å². The van der Waals surface area contributed by atoms with Crippen molar-refractivity contribution in [2.45, 2.75) is 13.8 Å². The Labute approximate surface area is 164 Å². The van der Waals surface area contributed by atoms with Gasteiger partial charge in [-0.1, -0.05) is 33.8 Å². The first-order valence-corrected chi connectivity index (χ1v) is 9.46. The van der Waals surface area contributed by atoms with Crippen molar-refractivity contribution in [3.8, 4) is 0 Å². The number of esters is 1. The molecule has 2 rings (SSSR count). The second kappa shape index (κ2) is 9.05. The monoisotopic (exact) mass is 439 g/mol. The fourth-order valence-electron chi connectivity index (χ4n) is 2.38. The van der Waals surface area contributed by atoms with Crippen LogP contribution in [0.4, 0.5) is 5.69 Å². The van der Waals surface area contributed by atoms with E-state index in [0.717, 1.165) is 27.4 Å². The van der Waals surface area contributed by atoms with Gasteiger partial charge in [-0.2, -0.15) is 0 Å². The van der Waals surface area contributed by atoms with Crippen LogP contribution in [0.5, 0.6) is 0 Å². The minimum Gasteiger partial charge on any atom is -0.468 e. The number of ether oxygens (including phenoxy) is 1. The number of hydrogen-bond donors (Lipinski definition) is 0. The van der Waals surface area contributed by atoms with Gasteiger partial charge in [0.1, 0.15) is 6.54 Å². The Morgan fingerprint density at radius 1 is 1.23 bits per heavy atom. The quantitative estimate of drug-likeness (QED) is 0.637. The Morgan fingerprint density at radius 3 is 2.58 bits per heavy atom. The molecule has 6 nitrogen and oxygen atoms in total. The van der Waals surface area contributed by atoms with Crippen LogP contribution in [0.3, 0.4) is 0 Å². The van der Waals surface area contributed by atoms with E-state index in [-0.39, 0.29) is 29.1 Å². The predicted octanol–water partition coefficient (Wildman–Crippen LogP) is 3.74. The Bertz CT molecular complexity index is 819. The normalized spacial score (nSPS) is 10.5. The summed E-state index contributed by atoms with van der Waals surface area (Å²) < 4.78 is 10.6. The van der Waals surface area contributed by atoms with Crippen molar-refractivity contribution < 1.29 is 23.5 Å². The summed E-state index contributed by atoms with van der Waals surface area (Å²) in [6.07, 6.45) is 1.40. The fourth-order valence-corrected chi connectivity index (χ4v) is 3.37. The number of aryl methyl sites for hydroxylation is 1. The van der Waals surface area contributed by atoms with Gasteiger partial charge < -0.3 is 9.15 Å². The van der Waals surface area contributed by atoms with Crippen LogP contribution in [0.25, 0.3) is 0 Å². The Morgan fingerprint density at radius 2 is 1.96 bits per heavy atom. The molecule has 26 heavy (non-hydrogen) atoms. The van der Waals surface area contributed by atoms with Gasteiger partial charge in [0.15, 0.2) is 5.76 Å². The molecule has 0 aliphatic heterocycles. The first-order valence-electron chi connectivity index (χ1n) is 7.68. The number of nitrogens with zero attached hydrogens (tertiary/aromatic N) is 1. The maximum absolute atomic E-state index is 12.8. The smallest absolute Gasteiger partial charge is 0.325 e. The number of furan rings is 1. The number of rotatable bonds is 6. The van der Waals surface area contributed by atoms with E-state index in [0.29, 0.717) is 5.69 Å². The molecule has 2 aromatic rings. The van der Waals surface area contributed by atoms with Crippen LogP contribution >= 0.6 is 27.7 Å². The van der Waals surface area contributed by atoms with Gasteiger partial charge in [-0.25, -0.2) is 0 Å². The lowest BCUT2D eigenvalue weighted by Crippen LogP contribution is -2.38. The highest BCUT2D eigenvalue weighted by atomic mass is 79.9. The van der Waals surface area contributed by atoms with E-state index in [1.54, 1.807) is 6.07 Å². The highest BCUT2D eigenvalue weighted by Crippen LogP contribution is 2.31. The van der Waals surface area contributed by atoms with E-state index in [2.05, 4.69) is 15.9 Å². The topological polar surface area (TPSA) is 76.8 Å². The number of methoxy groups -OCH3 is 1. The summed E-state index contributed by atoms with van der Waals surface area (Å²) in [4.78, 5) is 38.0. The van der Waals surface area contributed by atoms with Gasteiger partial charge in [0.05, 0.1) is 24.8 Å². The van der Waals surface area contributed by atoms with Crippen molar-refractivity contribution in [2.75, 3.05) is 24.3 Å². The molecule has 0 radical (unpaired) electrons. The summed E-state index contributed by atoms with van der Waals surface area (Å²) >= 11 is 4.27. The number of benzene rings is 1. The van der Waals surface area contributed by atoms with E-state index < -0.39 is 5.97 Å². The van der Waals surface area contributed by atoms with Crippen LogP contribution in [0.15, 0.2) is 39.4 Å². The molecule has 0 atom stereocenters. The summed E-state index contributed by atoms with van der Waals surface area (Å²) in [5, 5.41) is -0.343. The highest BCUT2D eigenvalue weighted by molar-refractivity contribution is 9.10. The molecule has 1 aromatic carbocycles. The van der Waals surface area contributed by atoms with Crippen LogP contribution in [-0.4, -0.2) is 36.4 Å². The summed E-state index contributed by atoms with van der Waals surface area (Å²) in [6.45, 7) is 3.47. The molecule has 0 aliphatic rings. The molecule has 8 heteroatoms. The zero-order valence-electron chi connectivity index (χ0n) is 14.6. The van der Waals surface area contributed by atoms with E-state index in [4.69, 9.17) is 9.15 Å². The number of carbonyl (C=O) groups is 3. The Kier molecular flexibility index (Phi) is 7.05. The van der Waals surface area contributed by atoms with Gasteiger partial charge in [-0.15, -0.1) is 0 Å². The third kappa shape index (κ3) is 4.76. The number of thioether (sulfide) groups is 1. The summed E-state index contributed by atoms with van der Waals surface area (Å²) in [6, 6.07) is 6.87. The minimum absolute atomic E-state index is 0.123. The molecular formula is C18H18BrNO5S. The van der Waals surface area contributed by atoms with Crippen molar-refractivity contribution in [2.24, 2.45) is 0 Å². The average Bonchev–Trinajstić information content (AvgIpc) is 3.16. The molecule has 1 amide bonds. The third-order valence-electron chi connectivity index (χ3n) is 3.70. The van der Waals surface area contributed by atoms with Crippen LogP contribution in [0.1, 0.15) is 21.7 Å². The zero-order chi connectivity index (χ0) is 19.3. The van der Waals surface area contributed by atoms with E-state index in [1.165, 1.54) is 24.3 Å². The SMILES string of the molecule is COC(=O)CN(C(=O)CSC(=O)c1ccco1)c1c(C)ccc(Br)c1C. The van der Waals surface area contributed by atoms with E-state index in [1.807, 2.05) is 26.0 Å². The van der Waals surface area contributed by atoms with Gasteiger partial charge in [0.2, 0.25) is 5.91 Å². The lowest BCUT2D eigenvalue weighted by atomic mass is 10.1. The first kappa shape index (κ1) is 20.3. The second-order valence-corrected chi connectivity index (χ2v) is 7.25. The lowest BCUT2D eigenvalue weighted by molar-refractivity contribution is -0.139. The molecule has 0 bridgehead atoms. The second-order valence-electron chi connectivity index (χ2n) is 5.45. The lowest BCUT2D eigenvalue weighted by Gasteiger charge is -2.25. The average molecular weight is 440 g/mol. The Balaban J connectivity index is 2.24. The van der Waals surface area contributed by atoms with Gasteiger partial charge in [0, 0.05) is 4.47 Å². The molecule has 0 saturated carbocycles. The van der Waals surface area contributed by atoms with Crippen molar-refractivity contribution in [1.29, 1.82) is 0 Å². The predicted molar refractivity (Wildman–Crippen MR) is 103 cm³/mol. The largest absolute Gasteiger partial charge is 0.468 e. The van der Waals surface area contributed by atoms with Crippen LogP contribution in [-0.2, 0) is 14.3 Å². The molecule has 0 fully saturated rings. The van der Waals surface area contributed by atoms with Crippen LogP contribution < -0.4 is 4.90 Å². The standard InChI is InChI=1S/C18H18BrNO5S/c1-11-6-7-13(19)12(2)17(11)20(9-16(22)24-3)15(21)10-26-18(23)14-5-4-8-25-14/h4-8H,9-10H2,1-3H3. The van der Waals surface area contributed by atoms with Gasteiger partial charge in [-0.05, 0) is 43.2 Å².